The SMILES string of the molecule is CC(C)[C@H](NCCNC(=O)CCCN1C(=O)C=CC1=O)C(=O)N[C@@H](CCCNC(N)=O)C(=O)Nc1ccc(C(=O)Nc2ccc3[nH]c(C(=O)N4C[C@H]5C[C@@]56C4=CC(=O)c4ccccc46)cc3c2)cc1. The molecule has 19 heteroatoms. The first kappa shape index (κ1) is 47.6. The number of aromatic amines is 1. The number of urea groups is 1. The number of primary amides is 1. The number of aromatic nitrogens is 1. The summed E-state index contributed by atoms with van der Waals surface area (Å²) in [5, 5.41) is 17.6. The first-order valence-electron chi connectivity index (χ1n) is 23.0. The van der Waals surface area contributed by atoms with E-state index in [1.54, 1.807) is 59.5 Å². The number of nitrogens with one attached hydrogen (secondary N) is 7. The predicted octanol–water partition coefficient (Wildman–Crippen LogP) is 3.22. The highest BCUT2D eigenvalue weighted by Gasteiger charge is 2.67. The number of allylic oxidation sites excluding steroid dienone is 2. The van der Waals surface area contributed by atoms with E-state index in [0.29, 0.717) is 58.5 Å². The number of hydrogen-bond donors (Lipinski definition) is 8. The summed E-state index contributed by atoms with van der Waals surface area (Å²) in [7, 11) is 0. The average Bonchev–Trinajstić information content (AvgIpc) is 3.52. The van der Waals surface area contributed by atoms with Crippen molar-refractivity contribution in [2.45, 2.75) is 63.5 Å². The van der Waals surface area contributed by atoms with Crippen LogP contribution in [0.3, 0.4) is 0 Å². The number of ketones is 1. The number of imide groups is 1. The van der Waals surface area contributed by atoms with Crippen LogP contribution in [0.4, 0.5) is 16.2 Å². The molecule has 2 fully saturated rings. The molecule has 0 radical (unpaired) electrons. The molecule has 1 spiro atoms. The van der Waals surface area contributed by atoms with Crippen LogP contribution < -0.4 is 37.6 Å². The Morgan fingerprint density at radius 2 is 1.57 bits per heavy atom. The quantitative estimate of drug-likeness (QED) is 0.0474. The first-order valence-corrected chi connectivity index (χ1v) is 23.0. The average molecular weight is 939 g/mol. The van der Waals surface area contributed by atoms with Crippen LogP contribution in [0.1, 0.15) is 82.7 Å². The molecule has 69 heavy (non-hydrogen) atoms. The molecule has 3 aromatic carbocycles. The van der Waals surface area contributed by atoms with E-state index in [1.807, 2.05) is 38.1 Å². The molecule has 9 N–H and O–H groups in total. The Balaban J connectivity index is 0.835. The van der Waals surface area contributed by atoms with Gasteiger partial charge in [0, 0.05) is 102 Å². The molecule has 0 unspecified atom stereocenters. The van der Waals surface area contributed by atoms with Gasteiger partial charge in [-0.1, -0.05) is 38.1 Å². The summed E-state index contributed by atoms with van der Waals surface area (Å²) in [6, 6.07) is 18.3. The summed E-state index contributed by atoms with van der Waals surface area (Å²) in [4.78, 5) is 121. The second-order valence-electron chi connectivity index (χ2n) is 18.0. The zero-order valence-corrected chi connectivity index (χ0v) is 38.2. The van der Waals surface area contributed by atoms with Gasteiger partial charge in [0.25, 0.3) is 23.6 Å². The molecule has 2 aliphatic heterocycles. The zero-order chi connectivity index (χ0) is 49.0. The number of H-pyrrole nitrogens is 1. The Morgan fingerprint density at radius 1 is 0.826 bits per heavy atom. The van der Waals surface area contributed by atoms with Crippen molar-refractivity contribution in [2.75, 3.05) is 43.4 Å². The van der Waals surface area contributed by atoms with E-state index in [1.165, 1.54) is 12.2 Å². The lowest BCUT2D eigenvalue weighted by atomic mass is 9.81. The van der Waals surface area contributed by atoms with Crippen molar-refractivity contribution >= 4 is 75.4 Å². The van der Waals surface area contributed by atoms with Gasteiger partial charge in [-0.05, 0) is 91.6 Å². The number of amides is 9. The number of hydrogen-bond acceptors (Lipinski definition) is 10. The van der Waals surface area contributed by atoms with Crippen LogP contribution in [0.15, 0.2) is 96.7 Å². The number of piperidine rings is 1. The van der Waals surface area contributed by atoms with E-state index in [2.05, 4.69) is 36.9 Å². The maximum absolute atomic E-state index is 13.9. The molecule has 2 aliphatic carbocycles. The molecule has 3 heterocycles. The standard InChI is InChI=1S/C50H54N10O9/c1-28(2)44(53-21-20-52-41(62)10-6-22-59-42(63)17-18-43(59)64)47(67)58-37(9-5-19-54-49(51)69)46(66)55-32-13-11-29(12-14-32)45(65)56-33-15-16-36-30(23-33)24-38(57-36)48(68)60-27-31-26-50(31)35-8-4-3-7-34(35)39(61)25-40(50)60/h3-4,7-8,11-18,23-25,28,31,37,44,53,57H,5-6,9-10,19-22,26-27H2,1-2H3,(H,52,62)(H,55,66)(H,56,65)(H,58,67)(H3,51,54,69)/t31-,37+,44+,50-/m1/s1. The van der Waals surface area contributed by atoms with Gasteiger partial charge in [0.15, 0.2) is 5.78 Å². The molecule has 1 aromatic heterocycles. The smallest absolute Gasteiger partial charge is 0.312 e. The van der Waals surface area contributed by atoms with Crippen LogP contribution in [0, 0.1) is 11.8 Å². The molecule has 1 saturated carbocycles. The third kappa shape index (κ3) is 10.3. The van der Waals surface area contributed by atoms with Crippen molar-refractivity contribution in [2.24, 2.45) is 17.6 Å². The Labute approximate surface area is 397 Å². The summed E-state index contributed by atoms with van der Waals surface area (Å²) >= 11 is 0. The topological polar surface area (TPSA) is 274 Å². The maximum atomic E-state index is 13.9. The number of rotatable bonds is 20. The number of carbonyl (C=O) groups excluding carboxylic acids is 9. The molecule has 1 saturated heterocycles. The van der Waals surface area contributed by atoms with Gasteiger partial charge in [-0.2, -0.15) is 0 Å². The van der Waals surface area contributed by atoms with Crippen molar-refractivity contribution in [1.29, 1.82) is 0 Å². The van der Waals surface area contributed by atoms with Gasteiger partial charge in [0.05, 0.1) is 6.04 Å². The number of fused-ring (bicyclic) bond motifs is 2. The van der Waals surface area contributed by atoms with E-state index < -0.39 is 47.7 Å². The monoisotopic (exact) mass is 938 g/mol. The molecule has 0 bridgehead atoms. The van der Waals surface area contributed by atoms with Crippen molar-refractivity contribution in [3.8, 4) is 0 Å². The Kier molecular flexibility index (Phi) is 13.9. The van der Waals surface area contributed by atoms with Crippen molar-refractivity contribution in [3.63, 3.8) is 0 Å². The summed E-state index contributed by atoms with van der Waals surface area (Å²) in [6.45, 7) is 4.91. The molecule has 358 valence electrons. The number of anilines is 2. The van der Waals surface area contributed by atoms with Crippen LogP contribution in [0.25, 0.3) is 10.9 Å². The fraction of sp³-hybridized carbons (Fsp3) is 0.340. The molecule has 4 atom stereocenters. The van der Waals surface area contributed by atoms with Gasteiger partial charge in [0.1, 0.15) is 11.7 Å². The minimum Gasteiger partial charge on any atom is -0.355 e. The highest BCUT2D eigenvalue weighted by molar-refractivity contribution is 6.13. The zero-order valence-electron chi connectivity index (χ0n) is 38.2. The minimum atomic E-state index is -1.02. The summed E-state index contributed by atoms with van der Waals surface area (Å²) in [6.07, 6.45) is 5.76. The van der Waals surface area contributed by atoms with Gasteiger partial charge < -0.3 is 47.5 Å². The lowest BCUT2D eigenvalue weighted by Crippen LogP contribution is -2.54. The van der Waals surface area contributed by atoms with Crippen molar-refractivity contribution in [3.05, 3.63) is 119 Å². The van der Waals surface area contributed by atoms with Gasteiger partial charge in [-0.25, -0.2) is 4.79 Å². The number of nitrogens with two attached hydrogens (primary N) is 1. The summed E-state index contributed by atoms with van der Waals surface area (Å²) in [5.41, 5.74) is 9.58. The van der Waals surface area contributed by atoms with E-state index in [-0.39, 0.29) is 73.9 Å². The summed E-state index contributed by atoms with van der Waals surface area (Å²) < 4.78 is 0. The van der Waals surface area contributed by atoms with Crippen LogP contribution in [0.2, 0.25) is 0 Å². The minimum absolute atomic E-state index is 0.0998. The normalized spacial score (nSPS) is 18.5. The van der Waals surface area contributed by atoms with Crippen LogP contribution >= 0.6 is 0 Å². The first-order chi connectivity index (χ1) is 33.1. The highest BCUT2D eigenvalue weighted by atomic mass is 16.2. The number of carbonyl (C=O) groups is 9. The molecular formula is C50H54N10O9. The third-order valence-corrected chi connectivity index (χ3v) is 13.0. The van der Waals surface area contributed by atoms with Gasteiger partial charge in [-0.3, -0.25) is 43.3 Å². The summed E-state index contributed by atoms with van der Waals surface area (Å²) in [5.74, 6) is -2.78. The molecule has 8 rings (SSSR count). The van der Waals surface area contributed by atoms with Gasteiger partial charge in [0.2, 0.25) is 17.7 Å². The lowest BCUT2D eigenvalue weighted by Gasteiger charge is -2.29. The largest absolute Gasteiger partial charge is 0.355 e. The van der Waals surface area contributed by atoms with Gasteiger partial charge >= 0.3 is 6.03 Å². The van der Waals surface area contributed by atoms with E-state index in [9.17, 15) is 43.2 Å². The van der Waals surface area contributed by atoms with E-state index in [0.717, 1.165) is 22.6 Å². The Bertz CT molecular complexity index is 2800. The van der Waals surface area contributed by atoms with Gasteiger partial charge in [-0.15, -0.1) is 0 Å². The highest BCUT2D eigenvalue weighted by Crippen LogP contribution is 2.66. The van der Waals surface area contributed by atoms with Crippen LogP contribution in [0.5, 0.6) is 0 Å². The molecular weight excluding hydrogens is 885 g/mol. The number of likely N-dealkylation sites (tertiary alicyclic amines) is 1. The Hall–Kier alpha value is -7.93. The molecule has 4 aromatic rings. The molecule has 19 nitrogen and oxygen atoms in total. The fourth-order valence-corrected chi connectivity index (χ4v) is 9.43. The Morgan fingerprint density at radius 3 is 2.30 bits per heavy atom. The van der Waals surface area contributed by atoms with E-state index >= 15 is 0 Å². The molecule has 4 aliphatic rings. The number of benzene rings is 3. The lowest BCUT2D eigenvalue weighted by molar-refractivity contribution is -0.137. The molecule has 9 amide bonds. The predicted molar refractivity (Wildman–Crippen MR) is 254 cm³/mol. The van der Waals surface area contributed by atoms with Crippen LogP contribution in [-0.2, 0) is 29.4 Å². The third-order valence-electron chi connectivity index (χ3n) is 13.0. The fourth-order valence-electron chi connectivity index (χ4n) is 9.43. The second kappa shape index (κ2) is 20.1. The number of nitrogens with zero attached hydrogens (tertiary/aromatic N) is 2. The van der Waals surface area contributed by atoms with E-state index in [4.69, 9.17) is 5.73 Å². The van der Waals surface area contributed by atoms with Crippen molar-refractivity contribution < 1.29 is 43.2 Å². The van der Waals surface area contributed by atoms with Crippen molar-refractivity contribution in [1.82, 2.24) is 36.1 Å². The second-order valence-corrected chi connectivity index (χ2v) is 18.0. The van der Waals surface area contributed by atoms with Crippen LogP contribution in [-0.4, -0.2) is 113 Å². The maximum Gasteiger partial charge on any atom is 0.312 e.